The molecule has 0 radical (unpaired) electrons. The van der Waals surface area contributed by atoms with Gasteiger partial charge in [0.25, 0.3) is 0 Å². The molecule has 3 heterocycles. The van der Waals surface area contributed by atoms with Crippen molar-refractivity contribution >= 4 is 17.6 Å². The summed E-state index contributed by atoms with van der Waals surface area (Å²) in [5, 5.41) is 0. The fourth-order valence-corrected chi connectivity index (χ4v) is 4.33. The van der Waals surface area contributed by atoms with E-state index in [9.17, 15) is 9.59 Å². The molecule has 1 aromatic rings. The van der Waals surface area contributed by atoms with Gasteiger partial charge in [-0.2, -0.15) is 0 Å². The van der Waals surface area contributed by atoms with Crippen molar-refractivity contribution in [1.82, 2.24) is 0 Å². The van der Waals surface area contributed by atoms with Crippen LogP contribution in [0.25, 0.3) is 0 Å². The van der Waals surface area contributed by atoms with Crippen LogP contribution in [-0.4, -0.2) is 36.7 Å². The Morgan fingerprint density at radius 1 is 1.31 bits per heavy atom. The van der Waals surface area contributed by atoms with Gasteiger partial charge >= 0.3 is 5.97 Å². The number of fused-ring (bicyclic) bond motifs is 1. The van der Waals surface area contributed by atoms with Crippen LogP contribution in [0.3, 0.4) is 0 Å². The molecule has 26 heavy (non-hydrogen) atoms. The van der Waals surface area contributed by atoms with Gasteiger partial charge in [0, 0.05) is 5.69 Å². The van der Waals surface area contributed by atoms with E-state index in [1.807, 2.05) is 43.3 Å². The highest BCUT2D eigenvalue weighted by molar-refractivity contribution is 6.02. The van der Waals surface area contributed by atoms with Crippen molar-refractivity contribution < 1.29 is 19.1 Å². The van der Waals surface area contributed by atoms with Gasteiger partial charge in [-0.05, 0) is 25.5 Å². The SMILES string of the molecule is CCCCCOC(=O)[C@@H]1[C@@H]2C=C[C@]3(CN(c4ccc(C)cc4)C(=O)[C@@H]13)O2. The van der Waals surface area contributed by atoms with E-state index < -0.39 is 17.4 Å². The maximum absolute atomic E-state index is 13.2. The van der Waals surface area contributed by atoms with E-state index in [1.54, 1.807) is 4.90 Å². The minimum Gasteiger partial charge on any atom is -0.465 e. The number of carbonyl (C=O) groups is 2. The summed E-state index contributed by atoms with van der Waals surface area (Å²) in [6.07, 6.45) is 6.50. The highest BCUT2D eigenvalue weighted by atomic mass is 16.6. The van der Waals surface area contributed by atoms with Crippen LogP contribution < -0.4 is 4.90 Å². The van der Waals surface area contributed by atoms with Gasteiger partial charge in [-0.1, -0.05) is 49.6 Å². The molecule has 5 nitrogen and oxygen atoms in total. The van der Waals surface area contributed by atoms with Crippen LogP contribution in [0, 0.1) is 18.8 Å². The second-order valence-electron chi connectivity index (χ2n) is 7.53. The second kappa shape index (κ2) is 6.54. The van der Waals surface area contributed by atoms with Crippen molar-refractivity contribution in [3.05, 3.63) is 42.0 Å². The number of anilines is 1. The monoisotopic (exact) mass is 355 g/mol. The van der Waals surface area contributed by atoms with E-state index in [1.165, 1.54) is 0 Å². The van der Waals surface area contributed by atoms with Crippen molar-refractivity contribution in [2.24, 2.45) is 11.8 Å². The third-order valence-corrected chi connectivity index (χ3v) is 5.71. The van der Waals surface area contributed by atoms with Crippen molar-refractivity contribution in [2.45, 2.75) is 44.8 Å². The number of aryl methyl sites for hydroxylation is 1. The molecule has 1 spiro atoms. The molecule has 138 valence electrons. The molecule has 2 fully saturated rings. The van der Waals surface area contributed by atoms with E-state index in [0.717, 1.165) is 30.5 Å². The highest BCUT2D eigenvalue weighted by Crippen LogP contribution is 2.52. The minimum absolute atomic E-state index is 0.0452. The number of ether oxygens (including phenoxy) is 2. The van der Waals surface area contributed by atoms with Crippen LogP contribution in [0.1, 0.15) is 31.7 Å². The number of unbranched alkanes of at least 4 members (excludes halogenated alkanes) is 2. The van der Waals surface area contributed by atoms with Crippen LogP contribution in [0.15, 0.2) is 36.4 Å². The largest absolute Gasteiger partial charge is 0.465 e. The van der Waals surface area contributed by atoms with E-state index in [4.69, 9.17) is 9.47 Å². The number of hydrogen-bond acceptors (Lipinski definition) is 4. The number of nitrogens with zero attached hydrogens (tertiary/aromatic N) is 1. The van der Waals surface area contributed by atoms with Crippen LogP contribution in [0.2, 0.25) is 0 Å². The summed E-state index contributed by atoms with van der Waals surface area (Å²) >= 11 is 0. The Morgan fingerprint density at radius 3 is 2.81 bits per heavy atom. The van der Waals surface area contributed by atoms with E-state index in [2.05, 4.69) is 6.92 Å². The summed E-state index contributed by atoms with van der Waals surface area (Å²) < 4.78 is 11.6. The minimum atomic E-state index is -0.695. The molecule has 0 saturated carbocycles. The molecular formula is C21H25NO4. The lowest BCUT2D eigenvalue weighted by atomic mass is 9.77. The third-order valence-electron chi connectivity index (χ3n) is 5.71. The van der Waals surface area contributed by atoms with Gasteiger partial charge < -0.3 is 14.4 Å². The third kappa shape index (κ3) is 2.65. The average Bonchev–Trinajstić information content (AvgIpc) is 3.28. The topological polar surface area (TPSA) is 55.8 Å². The van der Waals surface area contributed by atoms with Crippen molar-refractivity contribution in [1.29, 1.82) is 0 Å². The standard InChI is InChI=1S/C21H25NO4/c1-3-4-5-12-25-20(24)17-16-10-11-21(26-16)13-22(19(23)18(17)21)15-8-6-14(2)7-9-15/h6-11,16-18H,3-5,12-13H2,1-2H3/t16-,17+,18+,21+/m0/s1. The quantitative estimate of drug-likeness (QED) is 0.447. The van der Waals surface area contributed by atoms with Gasteiger partial charge in [0.15, 0.2) is 0 Å². The van der Waals surface area contributed by atoms with Gasteiger partial charge in [-0.3, -0.25) is 9.59 Å². The fraction of sp³-hybridized carbons (Fsp3) is 0.524. The Morgan fingerprint density at radius 2 is 2.08 bits per heavy atom. The molecule has 4 atom stereocenters. The average molecular weight is 355 g/mol. The van der Waals surface area contributed by atoms with E-state index >= 15 is 0 Å². The zero-order chi connectivity index (χ0) is 18.3. The van der Waals surface area contributed by atoms with Gasteiger partial charge in [-0.25, -0.2) is 0 Å². The zero-order valence-electron chi connectivity index (χ0n) is 15.3. The Bertz CT molecular complexity index is 741. The molecule has 4 rings (SSSR count). The molecular weight excluding hydrogens is 330 g/mol. The molecule has 2 bridgehead atoms. The van der Waals surface area contributed by atoms with E-state index in [0.29, 0.717) is 13.2 Å². The van der Waals surface area contributed by atoms with Gasteiger partial charge in [-0.15, -0.1) is 0 Å². The first-order valence-corrected chi connectivity index (χ1v) is 9.47. The summed E-state index contributed by atoms with van der Waals surface area (Å²) in [6.45, 7) is 4.99. The maximum Gasteiger partial charge on any atom is 0.312 e. The first-order valence-electron chi connectivity index (χ1n) is 9.47. The number of carbonyl (C=O) groups excluding carboxylic acids is 2. The maximum atomic E-state index is 13.2. The molecule has 5 heteroatoms. The number of benzene rings is 1. The molecule has 0 unspecified atom stereocenters. The van der Waals surface area contributed by atoms with Gasteiger partial charge in [0.2, 0.25) is 5.91 Å². The van der Waals surface area contributed by atoms with Crippen LogP contribution in [-0.2, 0) is 19.1 Å². The Balaban J connectivity index is 1.53. The van der Waals surface area contributed by atoms with E-state index in [-0.39, 0.29) is 18.0 Å². The summed E-state index contributed by atoms with van der Waals surface area (Å²) in [6, 6.07) is 7.86. The number of amides is 1. The normalized spacial score (nSPS) is 31.5. The number of esters is 1. The second-order valence-corrected chi connectivity index (χ2v) is 7.53. The summed E-state index contributed by atoms with van der Waals surface area (Å²) in [5.41, 5.74) is 1.30. The predicted molar refractivity (Wildman–Crippen MR) is 97.7 cm³/mol. The number of rotatable bonds is 6. The molecule has 0 N–H and O–H groups in total. The first-order chi connectivity index (χ1) is 12.6. The lowest BCUT2D eigenvalue weighted by molar-refractivity contribution is -0.152. The Hall–Kier alpha value is -2.14. The zero-order valence-corrected chi connectivity index (χ0v) is 15.3. The number of hydrogen-bond donors (Lipinski definition) is 0. The molecule has 3 aliphatic heterocycles. The molecule has 2 saturated heterocycles. The molecule has 1 amide bonds. The van der Waals surface area contributed by atoms with Crippen LogP contribution in [0.4, 0.5) is 5.69 Å². The Kier molecular flexibility index (Phi) is 4.35. The highest BCUT2D eigenvalue weighted by Gasteiger charge is 2.67. The van der Waals surface area contributed by atoms with Crippen molar-refractivity contribution in [3.8, 4) is 0 Å². The van der Waals surface area contributed by atoms with Crippen molar-refractivity contribution in [3.63, 3.8) is 0 Å². The smallest absolute Gasteiger partial charge is 0.312 e. The Labute approximate surface area is 154 Å². The predicted octanol–water partition coefficient (Wildman–Crippen LogP) is 3.01. The fourth-order valence-electron chi connectivity index (χ4n) is 4.33. The van der Waals surface area contributed by atoms with Crippen molar-refractivity contribution in [2.75, 3.05) is 18.1 Å². The molecule has 0 aromatic heterocycles. The summed E-state index contributed by atoms with van der Waals surface area (Å²) in [4.78, 5) is 27.6. The van der Waals surface area contributed by atoms with Crippen LogP contribution in [0.5, 0.6) is 0 Å². The lowest BCUT2D eigenvalue weighted by Gasteiger charge is -2.22. The van der Waals surface area contributed by atoms with Crippen LogP contribution >= 0.6 is 0 Å². The van der Waals surface area contributed by atoms with Gasteiger partial charge in [0.05, 0.1) is 25.2 Å². The summed E-state index contributed by atoms with van der Waals surface area (Å²) in [5.74, 6) is -1.38. The molecule has 1 aromatic carbocycles. The lowest BCUT2D eigenvalue weighted by Crippen LogP contribution is -2.40. The molecule has 3 aliphatic rings. The van der Waals surface area contributed by atoms with Gasteiger partial charge in [0.1, 0.15) is 11.5 Å². The summed E-state index contributed by atoms with van der Waals surface area (Å²) in [7, 11) is 0. The first kappa shape index (κ1) is 17.3. The molecule has 0 aliphatic carbocycles.